The molecular formula is C18H19N3OS. The van der Waals surface area contributed by atoms with Gasteiger partial charge in [-0.3, -0.25) is 4.98 Å². The first-order valence-corrected chi connectivity index (χ1v) is 8.87. The number of aromatic nitrogens is 2. The number of nitrogens with zero attached hydrogens (tertiary/aromatic N) is 3. The summed E-state index contributed by atoms with van der Waals surface area (Å²) in [6, 6.07) is 10.6. The zero-order valence-electron chi connectivity index (χ0n) is 13.1. The normalized spacial score (nSPS) is 18.5. The molecule has 1 aliphatic heterocycles. The molecule has 0 spiro atoms. The fourth-order valence-electron chi connectivity index (χ4n) is 3.06. The molecule has 3 heterocycles. The van der Waals surface area contributed by atoms with Crippen LogP contribution in [0.15, 0.2) is 41.9 Å². The van der Waals surface area contributed by atoms with Crippen LogP contribution in [0.5, 0.6) is 0 Å². The highest BCUT2D eigenvalue weighted by Crippen LogP contribution is 2.32. The van der Waals surface area contributed by atoms with Crippen molar-refractivity contribution in [2.75, 3.05) is 24.6 Å². The Kier molecular flexibility index (Phi) is 3.97. The summed E-state index contributed by atoms with van der Waals surface area (Å²) in [6.45, 7) is 4.62. The zero-order chi connectivity index (χ0) is 15.6. The molecule has 1 aromatic carbocycles. The first kappa shape index (κ1) is 14.6. The summed E-state index contributed by atoms with van der Waals surface area (Å²) in [7, 11) is 0. The second kappa shape index (κ2) is 6.26. The Hall–Kier alpha value is -1.98. The van der Waals surface area contributed by atoms with Crippen LogP contribution in [0.2, 0.25) is 0 Å². The number of pyridine rings is 1. The Morgan fingerprint density at radius 3 is 3.09 bits per heavy atom. The molecule has 23 heavy (non-hydrogen) atoms. The van der Waals surface area contributed by atoms with Crippen molar-refractivity contribution in [3.05, 3.63) is 52.6 Å². The van der Waals surface area contributed by atoms with Crippen molar-refractivity contribution < 1.29 is 4.74 Å². The predicted molar refractivity (Wildman–Crippen MR) is 94.1 cm³/mol. The summed E-state index contributed by atoms with van der Waals surface area (Å²) in [6.07, 6.45) is 2.85. The smallest absolute Gasteiger partial charge is 0.126 e. The standard InChI is InChI=1S/C18H19N3OS/c1-2-13-11-16(14-5-3-4-6-15(14)20-13)21-8-9-22-17(12-21)18-19-7-10-23-18/h3-7,10-11,17H,2,8-9,12H2,1H3. The molecule has 4 rings (SSSR count). The first-order chi connectivity index (χ1) is 11.3. The van der Waals surface area contributed by atoms with Gasteiger partial charge in [0.15, 0.2) is 0 Å². The molecule has 4 nitrogen and oxygen atoms in total. The Bertz CT molecular complexity index is 803. The van der Waals surface area contributed by atoms with Gasteiger partial charge in [0.1, 0.15) is 11.1 Å². The second-order valence-corrected chi connectivity index (χ2v) is 6.61. The van der Waals surface area contributed by atoms with Crippen molar-refractivity contribution in [2.24, 2.45) is 0 Å². The van der Waals surface area contributed by atoms with Crippen LogP contribution in [0.25, 0.3) is 10.9 Å². The van der Waals surface area contributed by atoms with Crippen molar-refractivity contribution >= 4 is 27.9 Å². The largest absolute Gasteiger partial charge is 0.367 e. The van der Waals surface area contributed by atoms with Gasteiger partial charge in [0.05, 0.1) is 18.7 Å². The Morgan fingerprint density at radius 1 is 1.35 bits per heavy atom. The quantitative estimate of drug-likeness (QED) is 0.733. The lowest BCUT2D eigenvalue weighted by Crippen LogP contribution is -2.38. The molecule has 3 aromatic rings. The van der Waals surface area contributed by atoms with Gasteiger partial charge in [-0.05, 0) is 18.6 Å². The van der Waals surface area contributed by atoms with E-state index in [0.717, 1.165) is 42.3 Å². The van der Waals surface area contributed by atoms with Crippen molar-refractivity contribution in [3.63, 3.8) is 0 Å². The Balaban J connectivity index is 1.73. The number of hydrogen-bond acceptors (Lipinski definition) is 5. The molecular weight excluding hydrogens is 306 g/mol. The molecule has 118 valence electrons. The lowest BCUT2D eigenvalue weighted by atomic mass is 10.1. The van der Waals surface area contributed by atoms with Crippen molar-refractivity contribution in [1.82, 2.24) is 9.97 Å². The van der Waals surface area contributed by atoms with Crippen molar-refractivity contribution in [1.29, 1.82) is 0 Å². The minimum Gasteiger partial charge on any atom is -0.367 e. The summed E-state index contributed by atoms with van der Waals surface area (Å²) < 4.78 is 5.93. The van der Waals surface area contributed by atoms with Crippen molar-refractivity contribution in [2.45, 2.75) is 19.4 Å². The van der Waals surface area contributed by atoms with Crippen LogP contribution in [0.4, 0.5) is 5.69 Å². The average Bonchev–Trinajstić information content (AvgIpc) is 3.15. The molecule has 0 saturated carbocycles. The maximum absolute atomic E-state index is 5.93. The number of ether oxygens (including phenoxy) is 1. The molecule has 5 heteroatoms. The van der Waals surface area contributed by atoms with Crippen LogP contribution < -0.4 is 4.90 Å². The van der Waals surface area contributed by atoms with E-state index in [1.165, 1.54) is 11.1 Å². The molecule has 0 bridgehead atoms. The number of fused-ring (bicyclic) bond motifs is 1. The number of morpholine rings is 1. The molecule has 0 aliphatic carbocycles. The van der Waals surface area contributed by atoms with Gasteiger partial charge in [-0.15, -0.1) is 11.3 Å². The third-order valence-electron chi connectivity index (χ3n) is 4.24. The van der Waals surface area contributed by atoms with Gasteiger partial charge in [-0.2, -0.15) is 0 Å². The number of benzene rings is 1. The fourth-order valence-corrected chi connectivity index (χ4v) is 3.74. The van der Waals surface area contributed by atoms with Gasteiger partial charge in [0, 0.05) is 34.9 Å². The Labute approximate surface area is 139 Å². The first-order valence-electron chi connectivity index (χ1n) is 7.99. The summed E-state index contributed by atoms with van der Waals surface area (Å²) in [4.78, 5) is 11.6. The van der Waals surface area contributed by atoms with E-state index in [1.54, 1.807) is 11.3 Å². The van der Waals surface area contributed by atoms with E-state index in [2.05, 4.69) is 47.1 Å². The number of thiazole rings is 1. The van der Waals surface area contributed by atoms with Crippen molar-refractivity contribution in [3.8, 4) is 0 Å². The minimum absolute atomic E-state index is 0.0563. The molecule has 1 aliphatic rings. The van der Waals surface area contributed by atoms with E-state index in [1.807, 2.05) is 11.6 Å². The number of para-hydroxylation sites is 1. The highest BCUT2D eigenvalue weighted by atomic mass is 32.1. The van der Waals surface area contributed by atoms with Crippen LogP contribution in [-0.4, -0.2) is 29.7 Å². The van der Waals surface area contributed by atoms with E-state index in [4.69, 9.17) is 9.72 Å². The lowest BCUT2D eigenvalue weighted by molar-refractivity contribution is 0.0397. The maximum Gasteiger partial charge on any atom is 0.126 e. The molecule has 0 radical (unpaired) electrons. The number of anilines is 1. The molecule has 1 atom stereocenters. The Morgan fingerprint density at radius 2 is 2.26 bits per heavy atom. The van der Waals surface area contributed by atoms with Gasteiger partial charge in [0.25, 0.3) is 0 Å². The van der Waals surface area contributed by atoms with Gasteiger partial charge in [-0.1, -0.05) is 25.1 Å². The van der Waals surface area contributed by atoms with Gasteiger partial charge in [0.2, 0.25) is 0 Å². The van der Waals surface area contributed by atoms with Crippen LogP contribution in [0.3, 0.4) is 0 Å². The summed E-state index contributed by atoms with van der Waals surface area (Å²) in [5, 5.41) is 4.28. The summed E-state index contributed by atoms with van der Waals surface area (Å²) in [5.41, 5.74) is 3.47. The zero-order valence-corrected chi connectivity index (χ0v) is 13.9. The monoisotopic (exact) mass is 325 g/mol. The van der Waals surface area contributed by atoms with E-state index in [0.29, 0.717) is 0 Å². The SMILES string of the molecule is CCc1cc(N2CCOC(c3nccs3)C2)c2ccccc2n1. The summed E-state index contributed by atoms with van der Waals surface area (Å²) in [5.74, 6) is 0. The van der Waals surface area contributed by atoms with Gasteiger partial charge >= 0.3 is 0 Å². The number of aryl methyl sites for hydroxylation is 1. The predicted octanol–water partition coefficient (Wildman–Crippen LogP) is 3.83. The van der Waals surface area contributed by atoms with Crippen LogP contribution in [-0.2, 0) is 11.2 Å². The van der Waals surface area contributed by atoms with Gasteiger partial charge < -0.3 is 9.64 Å². The molecule has 1 fully saturated rings. The maximum atomic E-state index is 5.93. The fraction of sp³-hybridized carbons (Fsp3) is 0.333. The molecule has 1 unspecified atom stereocenters. The average molecular weight is 325 g/mol. The van der Waals surface area contributed by atoms with Crippen LogP contribution >= 0.6 is 11.3 Å². The topological polar surface area (TPSA) is 38.2 Å². The van der Waals surface area contributed by atoms with Crippen LogP contribution in [0, 0.1) is 0 Å². The van der Waals surface area contributed by atoms with E-state index in [9.17, 15) is 0 Å². The van der Waals surface area contributed by atoms with Crippen LogP contribution in [0.1, 0.15) is 23.7 Å². The molecule has 1 saturated heterocycles. The third-order valence-corrected chi connectivity index (χ3v) is 5.11. The van der Waals surface area contributed by atoms with Gasteiger partial charge in [-0.25, -0.2) is 4.98 Å². The minimum atomic E-state index is 0.0563. The molecule has 0 amide bonds. The number of rotatable bonds is 3. The van der Waals surface area contributed by atoms with E-state index in [-0.39, 0.29) is 6.10 Å². The molecule has 2 aromatic heterocycles. The molecule has 0 N–H and O–H groups in total. The number of hydrogen-bond donors (Lipinski definition) is 0. The highest BCUT2D eigenvalue weighted by Gasteiger charge is 2.25. The highest BCUT2D eigenvalue weighted by molar-refractivity contribution is 7.09. The van der Waals surface area contributed by atoms with E-state index >= 15 is 0 Å². The van der Waals surface area contributed by atoms with E-state index < -0.39 is 0 Å². The summed E-state index contributed by atoms with van der Waals surface area (Å²) >= 11 is 1.66. The third kappa shape index (κ3) is 2.82. The second-order valence-electron chi connectivity index (χ2n) is 5.68. The lowest BCUT2D eigenvalue weighted by Gasteiger charge is -2.34.